The number of ether oxygens (including phenoxy) is 1. The maximum absolute atomic E-state index is 5.82. The van der Waals surface area contributed by atoms with Gasteiger partial charge >= 0.3 is 0 Å². The molecule has 1 aliphatic heterocycles. The summed E-state index contributed by atoms with van der Waals surface area (Å²) in [5, 5.41) is 3.32. The number of halogens is 1. The fourth-order valence-corrected chi connectivity index (χ4v) is 2.24. The van der Waals surface area contributed by atoms with Gasteiger partial charge in [-0.25, -0.2) is 4.98 Å². The molecule has 1 saturated heterocycles. The SMILES string of the molecule is Cc1cnc(O[C@H]2CCCNC2)c(Br)c1. The van der Waals surface area contributed by atoms with Crippen LogP contribution in [0.15, 0.2) is 16.7 Å². The Morgan fingerprint density at radius 1 is 1.60 bits per heavy atom. The molecule has 0 amide bonds. The average Bonchev–Trinajstić information content (AvgIpc) is 2.24. The van der Waals surface area contributed by atoms with Gasteiger partial charge in [-0.3, -0.25) is 0 Å². The van der Waals surface area contributed by atoms with Crippen LogP contribution in [0.25, 0.3) is 0 Å². The van der Waals surface area contributed by atoms with E-state index in [1.54, 1.807) is 0 Å². The summed E-state index contributed by atoms with van der Waals surface area (Å²) >= 11 is 3.47. The molecule has 0 spiro atoms. The van der Waals surface area contributed by atoms with Gasteiger partial charge in [-0.2, -0.15) is 0 Å². The van der Waals surface area contributed by atoms with Crippen LogP contribution in [-0.4, -0.2) is 24.2 Å². The van der Waals surface area contributed by atoms with Crippen molar-refractivity contribution in [1.82, 2.24) is 10.3 Å². The van der Waals surface area contributed by atoms with Gasteiger partial charge in [0.1, 0.15) is 6.10 Å². The van der Waals surface area contributed by atoms with Crippen molar-refractivity contribution in [3.05, 3.63) is 22.3 Å². The Hall–Kier alpha value is -0.610. The highest BCUT2D eigenvalue weighted by atomic mass is 79.9. The van der Waals surface area contributed by atoms with Crippen molar-refractivity contribution < 1.29 is 4.74 Å². The molecule has 1 aliphatic rings. The first-order chi connectivity index (χ1) is 7.25. The maximum Gasteiger partial charge on any atom is 0.228 e. The molecule has 0 bridgehead atoms. The zero-order chi connectivity index (χ0) is 10.7. The standard InChI is InChI=1S/C11H15BrN2O/c1-8-5-10(12)11(14-6-8)15-9-3-2-4-13-7-9/h5-6,9,13H,2-4,7H2,1H3/t9-/m0/s1. The van der Waals surface area contributed by atoms with Crippen molar-refractivity contribution in [1.29, 1.82) is 0 Å². The van der Waals surface area contributed by atoms with E-state index in [0.29, 0.717) is 5.88 Å². The molecule has 4 heteroatoms. The molecule has 1 aromatic heterocycles. The number of hydrogen-bond acceptors (Lipinski definition) is 3. The second kappa shape index (κ2) is 4.94. The molecule has 2 rings (SSSR count). The van der Waals surface area contributed by atoms with Crippen LogP contribution in [0.2, 0.25) is 0 Å². The summed E-state index contributed by atoms with van der Waals surface area (Å²) < 4.78 is 6.76. The third-order valence-electron chi connectivity index (χ3n) is 2.47. The average molecular weight is 271 g/mol. The molecular formula is C11H15BrN2O. The Bertz CT molecular complexity index is 337. The number of hydrogen-bond donors (Lipinski definition) is 1. The topological polar surface area (TPSA) is 34.1 Å². The van der Waals surface area contributed by atoms with Gasteiger partial charge in [-0.1, -0.05) is 0 Å². The molecule has 1 atom stereocenters. The Morgan fingerprint density at radius 3 is 3.13 bits per heavy atom. The largest absolute Gasteiger partial charge is 0.472 e. The van der Waals surface area contributed by atoms with E-state index < -0.39 is 0 Å². The first kappa shape index (κ1) is 10.9. The molecule has 2 heterocycles. The van der Waals surface area contributed by atoms with Crippen LogP contribution >= 0.6 is 15.9 Å². The van der Waals surface area contributed by atoms with Crippen molar-refractivity contribution >= 4 is 15.9 Å². The summed E-state index contributed by atoms with van der Waals surface area (Å²) in [5.74, 6) is 0.703. The fraction of sp³-hybridized carbons (Fsp3) is 0.545. The molecule has 0 aromatic carbocycles. The molecule has 15 heavy (non-hydrogen) atoms. The second-order valence-electron chi connectivity index (χ2n) is 3.89. The number of rotatable bonds is 2. The van der Waals surface area contributed by atoms with Gasteiger partial charge < -0.3 is 10.1 Å². The van der Waals surface area contributed by atoms with Crippen LogP contribution in [0, 0.1) is 6.92 Å². The lowest BCUT2D eigenvalue weighted by atomic mass is 10.1. The van der Waals surface area contributed by atoms with Crippen molar-refractivity contribution in [2.75, 3.05) is 13.1 Å². The van der Waals surface area contributed by atoms with Gasteiger partial charge in [0.25, 0.3) is 0 Å². The highest BCUT2D eigenvalue weighted by Gasteiger charge is 2.16. The summed E-state index contributed by atoms with van der Waals surface area (Å²) in [7, 11) is 0. The number of nitrogens with zero attached hydrogens (tertiary/aromatic N) is 1. The smallest absolute Gasteiger partial charge is 0.228 e. The lowest BCUT2D eigenvalue weighted by molar-refractivity contribution is 0.159. The summed E-state index contributed by atoms with van der Waals surface area (Å²) in [5.41, 5.74) is 1.14. The quantitative estimate of drug-likeness (QED) is 0.896. The fourth-order valence-electron chi connectivity index (χ4n) is 1.69. The molecule has 1 fully saturated rings. The predicted octanol–water partition coefficient (Wildman–Crippen LogP) is 2.28. The highest BCUT2D eigenvalue weighted by molar-refractivity contribution is 9.10. The van der Waals surface area contributed by atoms with Crippen molar-refractivity contribution in [2.24, 2.45) is 0 Å². The summed E-state index contributed by atoms with van der Waals surface area (Å²) in [6.45, 7) is 4.04. The summed E-state index contributed by atoms with van der Waals surface area (Å²) in [4.78, 5) is 4.28. The van der Waals surface area contributed by atoms with E-state index in [0.717, 1.165) is 29.5 Å². The second-order valence-corrected chi connectivity index (χ2v) is 4.74. The van der Waals surface area contributed by atoms with E-state index in [1.165, 1.54) is 6.42 Å². The highest BCUT2D eigenvalue weighted by Crippen LogP contribution is 2.24. The van der Waals surface area contributed by atoms with Crippen LogP contribution in [0.5, 0.6) is 5.88 Å². The van der Waals surface area contributed by atoms with E-state index in [9.17, 15) is 0 Å². The van der Waals surface area contributed by atoms with Gasteiger partial charge in [0.15, 0.2) is 0 Å². The van der Waals surface area contributed by atoms with Crippen LogP contribution in [0.4, 0.5) is 0 Å². The molecule has 3 nitrogen and oxygen atoms in total. The van der Waals surface area contributed by atoms with E-state index in [1.807, 2.05) is 19.2 Å². The van der Waals surface area contributed by atoms with Gasteiger partial charge in [-0.15, -0.1) is 0 Å². The lowest BCUT2D eigenvalue weighted by Gasteiger charge is -2.23. The molecule has 0 unspecified atom stereocenters. The molecule has 0 saturated carbocycles. The van der Waals surface area contributed by atoms with E-state index >= 15 is 0 Å². The number of aryl methyl sites for hydroxylation is 1. The van der Waals surface area contributed by atoms with Crippen molar-refractivity contribution in [3.8, 4) is 5.88 Å². The monoisotopic (exact) mass is 270 g/mol. The Morgan fingerprint density at radius 2 is 2.47 bits per heavy atom. The molecule has 0 aliphatic carbocycles. The van der Waals surface area contributed by atoms with Crippen LogP contribution in [-0.2, 0) is 0 Å². The van der Waals surface area contributed by atoms with Crippen molar-refractivity contribution in [3.63, 3.8) is 0 Å². The summed E-state index contributed by atoms with van der Waals surface area (Å²) in [6.07, 6.45) is 4.37. The number of aromatic nitrogens is 1. The first-order valence-electron chi connectivity index (χ1n) is 5.25. The van der Waals surface area contributed by atoms with Crippen LogP contribution < -0.4 is 10.1 Å². The van der Waals surface area contributed by atoms with Gasteiger partial charge in [0.2, 0.25) is 5.88 Å². The minimum absolute atomic E-state index is 0.255. The maximum atomic E-state index is 5.82. The lowest BCUT2D eigenvalue weighted by Crippen LogP contribution is -2.37. The molecule has 1 N–H and O–H groups in total. The van der Waals surface area contributed by atoms with Crippen molar-refractivity contribution in [2.45, 2.75) is 25.9 Å². The third-order valence-corrected chi connectivity index (χ3v) is 3.04. The Balaban J connectivity index is 2.03. The Kier molecular flexibility index (Phi) is 3.59. The number of piperidine rings is 1. The zero-order valence-corrected chi connectivity index (χ0v) is 10.4. The number of pyridine rings is 1. The van der Waals surface area contributed by atoms with Gasteiger partial charge in [-0.05, 0) is 53.9 Å². The van der Waals surface area contributed by atoms with E-state index in [4.69, 9.17) is 4.74 Å². The van der Waals surface area contributed by atoms with E-state index in [2.05, 4.69) is 26.2 Å². The molecule has 1 aromatic rings. The molecule has 0 radical (unpaired) electrons. The van der Waals surface area contributed by atoms with Gasteiger partial charge in [0, 0.05) is 12.7 Å². The first-order valence-corrected chi connectivity index (χ1v) is 6.04. The van der Waals surface area contributed by atoms with E-state index in [-0.39, 0.29) is 6.10 Å². The molecular weight excluding hydrogens is 256 g/mol. The number of nitrogens with one attached hydrogen (secondary N) is 1. The minimum Gasteiger partial charge on any atom is -0.472 e. The van der Waals surface area contributed by atoms with Crippen LogP contribution in [0.3, 0.4) is 0 Å². The normalized spacial score (nSPS) is 21.3. The predicted molar refractivity (Wildman–Crippen MR) is 63.2 cm³/mol. The third kappa shape index (κ3) is 2.92. The summed E-state index contributed by atoms with van der Waals surface area (Å²) in [6, 6.07) is 2.03. The molecule has 82 valence electrons. The Labute approximate surface area is 98.4 Å². The van der Waals surface area contributed by atoms with Gasteiger partial charge in [0.05, 0.1) is 4.47 Å². The van der Waals surface area contributed by atoms with Crippen LogP contribution in [0.1, 0.15) is 18.4 Å². The minimum atomic E-state index is 0.255. The zero-order valence-electron chi connectivity index (χ0n) is 8.79.